The molecule has 0 spiro atoms. The summed E-state index contributed by atoms with van der Waals surface area (Å²) in [7, 11) is 1.66. The van der Waals surface area contributed by atoms with Crippen LogP contribution in [0.1, 0.15) is 26.7 Å². The molecule has 1 saturated heterocycles. The first-order chi connectivity index (χ1) is 6.57. The summed E-state index contributed by atoms with van der Waals surface area (Å²) in [5.74, 6) is 0.408. The molecule has 1 heterocycles. The number of fused-ring (bicyclic) bond motifs is 1. The second kappa shape index (κ2) is 3.31. The van der Waals surface area contributed by atoms with Gasteiger partial charge in [0.2, 0.25) is 0 Å². The second-order valence-electron chi connectivity index (χ2n) is 5.21. The number of carbonyl (C=O) groups is 1. The first-order valence-electron chi connectivity index (χ1n) is 5.21. The molecule has 0 bridgehead atoms. The third-order valence-electron chi connectivity index (χ3n) is 3.50. The van der Waals surface area contributed by atoms with Crippen molar-refractivity contribution >= 4 is 6.29 Å². The maximum atomic E-state index is 10.8. The SMILES string of the molecule is COC1C(C=O)O[C@@H]2CC(C)(C)C[C@H]12. The van der Waals surface area contributed by atoms with E-state index in [1.54, 1.807) is 7.11 Å². The van der Waals surface area contributed by atoms with Gasteiger partial charge in [-0.2, -0.15) is 0 Å². The molecule has 2 unspecified atom stereocenters. The lowest BCUT2D eigenvalue weighted by Gasteiger charge is -2.22. The number of hydrogen-bond donors (Lipinski definition) is 0. The lowest BCUT2D eigenvalue weighted by atomic mass is 9.88. The van der Waals surface area contributed by atoms with Gasteiger partial charge < -0.3 is 14.3 Å². The van der Waals surface area contributed by atoms with E-state index in [1.807, 2.05) is 0 Å². The quantitative estimate of drug-likeness (QED) is 0.629. The smallest absolute Gasteiger partial charge is 0.151 e. The lowest BCUT2D eigenvalue weighted by molar-refractivity contribution is -0.122. The fourth-order valence-corrected chi connectivity index (χ4v) is 2.97. The van der Waals surface area contributed by atoms with Gasteiger partial charge in [0.25, 0.3) is 0 Å². The van der Waals surface area contributed by atoms with Gasteiger partial charge in [-0.3, -0.25) is 0 Å². The Hall–Kier alpha value is -0.410. The van der Waals surface area contributed by atoms with Gasteiger partial charge in [-0.1, -0.05) is 13.8 Å². The number of aldehydes is 1. The van der Waals surface area contributed by atoms with Crippen molar-refractivity contribution in [1.29, 1.82) is 0 Å². The van der Waals surface area contributed by atoms with Crippen LogP contribution in [0.4, 0.5) is 0 Å². The zero-order chi connectivity index (χ0) is 10.3. The fraction of sp³-hybridized carbons (Fsp3) is 0.909. The molecule has 1 saturated carbocycles. The molecule has 3 heteroatoms. The van der Waals surface area contributed by atoms with Gasteiger partial charge in [0.05, 0.1) is 12.2 Å². The summed E-state index contributed by atoms with van der Waals surface area (Å²) in [6.45, 7) is 4.49. The van der Waals surface area contributed by atoms with E-state index in [0.29, 0.717) is 11.3 Å². The number of carbonyl (C=O) groups excluding carboxylic acids is 1. The van der Waals surface area contributed by atoms with Crippen molar-refractivity contribution in [3.8, 4) is 0 Å². The molecule has 0 radical (unpaired) electrons. The molecule has 0 aromatic heterocycles. The van der Waals surface area contributed by atoms with E-state index in [-0.39, 0.29) is 18.3 Å². The van der Waals surface area contributed by atoms with Crippen LogP contribution in [0.5, 0.6) is 0 Å². The Morgan fingerprint density at radius 2 is 2.14 bits per heavy atom. The lowest BCUT2D eigenvalue weighted by Crippen LogP contribution is -2.30. The first-order valence-corrected chi connectivity index (χ1v) is 5.21. The zero-order valence-electron chi connectivity index (χ0n) is 9.03. The summed E-state index contributed by atoms with van der Waals surface area (Å²) in [6.07, 6.45) is 2.87. The molecule has 80 valence electrons. The van der Waals surface area contributed by atoms with E-state index in [1.165, 1.54) is 0 Å². The van der Waals surface area contributed by atoms with Crippen molar-refractivity contribution in [2.24, 2.45) is 11.3 Å². The van der Waals surface area contributed by atoms with Crippen molar-refractivity contribution in [3.05, 3.63) is 0 Å². The van der Waals surface area contributed by atoms with Gasteiger partial charge >= 0.3 is 0 Å². The van der Waals surface area contributed by atoms with Crippen LogP contribution in [0.25, 0.3) is 0 Å². The minimum absolute atomic E-state index is 0.0284. The molecule has 3 nitrogen and oxygen atoms in total. The maximum absolute atomic E-state index is 10.8. The molecule has 1 aliphatic heterocycles. The number of rotatable bonds is 2. The topological polar surface area (TPSA) is 35.5 Å². The fourth-order valence-electron chi connectivity index (χ4n) is 2.97. The standard InChI is InChI=1S/C11H18O3/c1-11(2)4-7-8(5-11)14-9(6-12)10(7)13-3/h6-10H,4-5H2,1-3H3/t7-,8+,9?,10?/m0/s1. The minimum Gasteiger partial charge on any atom is -0.378 e. The van der Waals surface area contributed by atoms with E-state index in [2.05, 4.69) is 13.8 Å². The van der Waals surface area contributed by atoms with Crippen LogP contribution in [0.3, 0.4) is 0 Å². The molecular weight excluding hydrogens is 180 g/mol. The molecule has 0 aromatic rings. The van der Waals surface area contributed by atoms with E-state index in [0.717, 1.165) is 19.1 Å². The Morgan fingerprint density at radius 3 is 2.71 bits per heavy atom. The van der Waals surface area contributed by atoms with Gasteiger partial charge in [0.1, 0.15) is 6.10 Å². The van der Waals surface area contributed by atoms with Crippen LogP contribution in [0.2, 0.25) is 0 Å². The highest BCUT2D eigenvalue weighted by Gasteiger charge is 2.52. The Balaban J connectivity index is 2.13. The second-order valence-corrected chi connectivity index (χ2v) is 5.21. The summed E-state index contributed by atoms with van der Waals surface area (Å²) in [6, 6.07) is 0. The van der Waals surface area contributed by atoms with Crippen LogP contribution in [-0.2, 0) is 14.3 Å². The van der Waals surface area contributed by atoms with Gasteiger partial charge in [-0.15, -0.1) is 0 Å². The Labute approximate surface area is 84.8 Å². The van der Waals surface area contributed by atoms with Crippen molar-refractivity contribution < 1.29 is 14.3 Å². The van der Waals surface area contributed by atoms with Crippen LogP contribution in [0.15, 0.2) is 0 Å². The zero-order valence-corrected chi connectivity index (χ0v) is 9.03. The van der Waals surface area contributed by atoms with Crippen LogP contribution in [-0.4, -0.2) is 31.7 Å². The van der Waals surface area contributed by atoms with Crippen molar-refractivity contribution in [2.75, 3.05) is 7.11 Å². The monoisotopic (exact) mass is 198 g/mol. The third kappa shape index (κ3) is 1.48. The van der Waals surface area contributed by atoms with E-state index >= 15 is 0 Å². The van der Waals surface area contributed by atoms with Gasteiger partial charge in [-0.05, 0) is 18.3 Å². The Kier molecular flexibility index (Phi) is 2.40. The van der Waals surface area contributed by atoms with Crippen LogP contribution >= 0.6 is 0 Å². The molecule has 0 N–H and O–H groups in total. The summed E-state index contributed by atoms with van der Waals surface area (Å²) >= 11 is 0. The molecule has 4 atom stereocenters. The molecular formula is C11H18O3. The largest absolute Gasteiger partial charge is 0.378 e. The molecule has 0 aromatic carbocycles. The predicted molar refractivity (Wildman–Crippen MR) is 52.0 cm³/mol. The van der Waals surface area contributed by atoms with E-state index < -0.39 is 0 Å². The average molecular weight is 198 g/mol. The van der Waals surface area contributed by atoms with Crippen molar-refractivity contribution in [3.63, 3.8) is 0 Å². The average Bonchev–Trinajstić information content (AvgIpc) is 2.55. The molecule has 2 aliphatic rings. The summed E-state index contributed by atoms with van der Waals surface area (Å²) in [4.78, 5) is 10.8. The highest BCUT2D eigenvalue weighted by molar-refractivity contribution is 5.58. The highest BCUT2D eigenvalue weighted by Crippen LogP contribution is 2.49. The normalized spacial score (nSPS) is 45.1. The van der Waals surface area contributed by atoms with Crippen LogP contribution < -0.4 is 0 Å². The van der Waals surface area contributed by atoms with Gasteiger partial charge in [0.15, 0.2) is 6.29 Å². The van der Waals surface area contributed by atoms with Gasteiger partial charge in [-0.25, -0.2) is 0 Å². The van der Waals surface area contributed by atoms with E-state index in [9.17, 15) is 4.79 Å². The summed E-state index contributed by atoms with van der Waals surface area (Å²) in [5.41, 5.74) is 0.333. The molecule has 14 heavy (non-hydrogen) atoms. The molecule has 2 rings (SSSR count). The Morgan fingerprint density at radius 1 is 1.43 bits per heavy atom. The number of hydrogen-bond acceptors (Lipinski definition) is 3. The minimum atomic E-state index is -0.342. The summed E-state index contributed by atoms with van der Waals surface area (Å²) < 4.78 is 11.0. The first kappa shape index (κ1) is 10.1. The maximum Gasteiger partial charge on any atom is 0.151 e. The summed E-state index contributed by atoms with van der Waals surface area (Å²) in [5, 5.41) is 0. The predicted octanol–water partition coefficient (Wildman–Crippen LogP) is 1.40. The van der Waals surface area contributed by atoms with E-state index in [4.69, 9.17) is 9.47 Å². The number of methoxy groups -OCH3 is 1. The molecule has 2 fully saturated rings. The highest BCUT2D eigenvalue weighted by atomic mass is 16.6. The van der Waals surface area contributed by atoms with Crippen LogP contribution in [0, 0.1) is 11.3 Å². The van der Waals surface area contributed by atoms with Gasteiger partial charge in [0, 0.05) is 13.0 Å². The van der Waals surface area contributed by atoms with Crippen molar-refractivity contribution in [2.45, 2.75) is 45.0 Å². The van der Waals surface area contributed by atoms with Crippen molar-refractivity contribution in [1.82, 2.24) is 0 Å². The molecule has 0 amide bonds. The molecule has 1 aliphatic carbocycles. The number of ether oxygens (including phenoxy) is 2. The third-order valence-corrected chi connectivity index (χ3v) is 3.50. The Bertz CT molecular complexity index is 237.